The Balaban J connectivity index is 1.54. The fourth-order valence-electron chi connectivity index (χ4n) is 2.68. The summed E-state index contributed by atoms with van der Waals surface area (Å²) in [6.45, 7) is -0.327. The topological polar surface area (TPSA) is 126 Å². The SMILES string of the molecule is COc1ccccc1CNC(=O)COC(=O)/C=C/c1cc2c(cc1[N+](=O)[O-])OCO2. The normalized spacial score (nSPS) is 11.9. The van der Waals surface area contributed by atoms with E-state index in [1.807, 2.05) is 12.1 Å². The van der Waals surface area contributed by atoms with Crippen LogP contribution in [0.3, 0.4) is 0 Å². The first-order valence-corrected chi connectivity index (χ1v) is 8.79. The highest BCUT2D eigenvalue weighted by molar-refractivity contribution is 5.90. The lowest BCUT2D eigenvalue weighted by Gasteiger charge is -2.09. The van der Waals surface area contributed by atoms with Crippen molar-refractivity contribution < 1.29 is 33.5 Å². The molecule has 10 nitrogen and oxygen atoms in total. The summed E-state index contributed by atoms with van der Waals surface area (Å²) in [5, 5.41) is 13.8. The van der Waals surface area contributed by atoms with Crippen LogP contribution in [0.1, 0.15) is 11.1 Å². The summed E-state index contributed by atoms with van der Waals surface area (Å²) in [5.74, 6) is -0.105. The molecule has 0 spiro atoms. The van der Waals surface area contributed by atoms with Gasteiger partial charge in [0.05, 0.1) is 23.7 Å². The maximum absolute atomic E-state index is 11.9. The number of nitro benzene ring substituents is 1. The van der Waals surface area contributed by atoms with Gasteiger partial charge in [-0.25, -0.2) is 4.79 Å². The third kappa shape index (κ3) is 5.04. The largest absolute Gasteiger partial charge is 0.496 e. The molecule has 0 aromatic heterocycles. The van der Waals surface area contributed by atoms with Crippen LogP contribution in [-0.2, 0) is 20.9 Å². The zero-order valence-corrected chi connectivity index (χ0v) is 16.0. The van der Waals surface area contributed by atoms with Gasteiger partial charge in [-0.05, 0) is 18.2 Å². The number of carbonyl (C=O) groups is 2. The Kier molecular flexibility index (Phi) is 6.48. The number of para-hydroxylation sites is 1. The standard InChI is InChI=1S/C20H18N2O8/c1-27-16-5-3-2-4-14(16)10-21-19(23)11-28-20(24)7-6-13-8-17-18(30-12-29-17)9-15(13)22(25)26/h2-9H,10-12H2,1H3,(H,21,23)/b7-6+. The maximum atomic E-state index is 11.9. The van der Waals surface area contributed by atoms with Crippen LogP contribution >= 0.6 is 0 Å². The predicted octanol–water partition coefficient (Wildman–Crippen LogP) is 2.20. The fraction of sp³-hybridized carbons (Fsp3) is 0.200. The Bertz CT molecular complexity index is 1000. The van der Waals surface area contributed by atoms with Crippen molar-refractivity contribution >= 4 is 23.6 Å². The van der Waals surface area contributed by atoms with Crippen molar-refractivity contribution in [1.29, 1.82) is 0 Å². The van der Waals surface area contributed by atoms with Gasteiger partial charge in [0.1, 0.15) is 5.75 Å². The van der Waals surface area contributed by atoms with Crippen molar-refractivity contribution in [2.45, 2.75) is 6.54 Å². The van der Waals surface area contributed by atoms with Gasteiger partial charge in [0.25, 0.3) is 11.6 Å². The fourth-order valence-corrected chi connectivity index (χ4v) is 2.68. The Morgan fingerprint density at radius 1 is 1.23 bits per heavy atom. The average molecular weight is 414 g/mol. The highest BCUT2D eigenvalue weighted by atomic mass is 16.7. The van der Waals surface area contributed by atoms with Gasteiger partial charge in [0, 0.05) is 18.2 Å². The number of benzene rings is 2. The van der Waals surface area contributed by atoms with E-state index in [1.54, 1.807) is 12.1 Å². The molecule has 1 aliphatic rings. The molecule has 2 aromatic carbocycles. The molecular formula is C20H18N2O8. The molecule has 10 heteroatoms. The summed E-state index contributed by atoms with van der Waals surface area (Å²) in [4.78, 5) is 34.4. The zero-order chi connectivity index (χ0) is 21.5. The van der Waals surface area contributed by atoms with Crippen molar-refractivity contribution in [1.82, 2.24) is 5.32 Å². The minimum Gasteiger partial charge on any atom is -0.496 e. The number of methoxy groups -OCH3 is 1. The number of rotatable bonds is 8. The number of ether oxygens (including phenoxy) is 4. The molecule has 0 saturated carbocycles. The van der Waals surface area contributed by atoms with Crippen LogP contribution in [-0.4, -0.2) is 37.3 Å². The van der Waals surface area contributed by atoms with Crippen LogP contribution in [0.25, 0.3) is 6.08 Å². The molecule has 1 heterocycles. The molecule has 156 valence electrons. The van der Waals surface area contributed by atoms with Crippen LogP contribution in [0, 0.1) is 10.1 Å². The first-order valence-electron chi connectivity index (χ1n) is 8.79. The Morgan fingerprint density at radius 2 is 1.97 bits per heavy atom. The lowest BCUT2D eigenvalue weighted by molar-refractivity contribution is -0.385. The number of hydrogen-bond donors (Lipinski definition) is 1. The monoisotopic (exact) mass is 414 g/mol. The van der Waals surface area contributed by atoms with E-state index < -0.39 is 23.4 Å². The summed E-state index contributed by atoms with van der Waals surface area (Å²) in [7, 11) is 1.53. The number of hydrogen-bond acceptors (Lipinski definition) is 8. The predicted molar refractivity (Wildman–Crippen MR) is 104 cm³/mol. The third-order valence-corrected chi connectivity index (χ3v) is 4.13. The molecule has 0 atom stereocenters. The molecule has 0 bridgehead atoms. The molecule has 1 aliphatic heterocycles. The second-order valence-electron chi connectivity index (χ2n) is 6.05. The molecule has 1 amide bonds. The van der Waals surface area contributed by atoms with Gasteiger partial charge in [0.15, 0.2) is 18.1 Å². The summed E-state index contributed by atoms with van der Waals surface area (Å²) >= 11 is 0. The smallest absolute Gasteiger partial charge is 0.331 e. The van der Waals surface area contributed by atoms with E-state index in [9.17, 15) is 19.7 Å². The highest BCUT2D eigenvalue weighted by Gasteiger charge is 2.22. The number of esters is 1. The molecular weight excluding hydrogens is 396 g/mol. The van der Waals surface area contributed by atoms with E-state index in [0.717, 1.165) is 11.6 Å². The molecule has 30 heavy (non-hydrogen) atoms. The van der Waals surface area contributed by atoms with E-state index in [2.05, 4.69) is 5.32 Å². The minimum absolute atomic E-state index is 0.0360. The number of nitro groups is 1. The molecule has 3 rings (SSSR count). The van der Waals surface area contributed by atoms with Gasteiger partial charge in [-0.15, -0.1) is 0 Å². The van der Waals surface area contributed by atoms with Gasteiger partial charge in [0.2, 0.25) is 6.79 Å². The van der Waals surface area contributed by atoms with Crippen molar-refractivity contribution in [3.8, 4) is 17.2 Å². The molecule has 0 unspecified atom stereocenters. The summed E-state index contributed by atoms with van der Waals surface area (Å²) in [6.07, 6.45) is 2.22. The van der Waals surface area contributed by atoms with Gasteiger partial charge >= 0.3 is 5.97 Å². The Labute approximate surface area is 171 Å². The summed E-state index contributed by atoms with van der Waals surface area (Å²) in [6, 6.07) is 9.80. The lowest BCUT2D eigenvalue weighted by Crippen LogP contribution is -2.28. The van der Waals surface area contributed by atoms with E-state index in [4.69, 9.17) is 18.9 Å². The second-order valence-corrected chi connectivity index (χ2v) is 6.05. The molecule has 0 radical (unpaired) electrons. The van der Waals surface area contributed by atoms with Crippen molar-refractivity contribution in [3.63, 3.8) is 0 Å². The summed E-state index contributed by atoms with van der Waals surface area (Å²) < 4.78 is 20.4. The minimum atomic E-state index is -0.825. The number of amides is 1. The number of carbonyl (C=O) groups excluding carboxylic acids is 2. The van der Waals surface area contributed by atoms with Crippen LogP contribution in [0.5, 0.6) is 17.2 Å². The third-order valence-electron chi connectivity index (χ3n) is 4.13. The van der Waals surface area contributed by atoms with Crippen LogP contribution in [0.15, 0.2) is 42.5 Å². The van der Waals surface area contributed by atoms with E-state index >= 15 is 0 Å². The molecule has 1 N–H and O–H groups in total. The van der Waals surface area contributed by atoms with Crippen LogP contribution in [0.2, 0.25) is 0 Å². The Morgan fingerprint density at radius 3 is 2.70 bits per heavy atom. The van der Waals surface area contributed by atoms with Crippen molar-refractivity contribution in [3.05, 3.63) is 63.7 Å². The van der Waals surface area contributed by atoms with Gasteiger partial charge in [-0.1, -0.05) is 18.2 Å². The first-order chi connectivity index (χ1) is 14.5. The number of nitrogens with zero attached hydrogens (tertiary/aromatic N) is 1. The average Bonchev–Trinajstić information content (AvgIpc) is 3.21. The van der Waals surface area contributed by atoms with Crippen molar-refractivity contribution in [2.24, 2.45) is 0 Å². The quantitative estimate of drug-likeness (QED) is 0.302. The molecule has 2 aromatic rings. The summed E-state index contributed by atoms with van der Waals surface area (Å²) in [5.41, 5.74) is 0.661. The van der Waals surface area contributed by atoms with Crippen LogP contribution in [0.4, 0.5) is 5.69 Å². The maximum Gasteiger partial charge on any atom is 0.331 e. The first kappa shape index (κ1) is 20.6. The second kappa shape index (κ2) is 9.41. The van der Waals surface area contributed by atoms with E-state index in [0.29, 0.717) is 11.5 Å². The molecule has 0 saturated heterocycles. The Hall–Kier alpha value is -4.08. The highest BCUT2D eigenvalue weighted by Crippen LogP contribution is 2.38. The zero-order valence-electron chi connectivity index (χ0n) is 16.0. The van der Waals surface area contributed by atoms with Gasteiger partial charge < -0.3 is 24.3 Å². The lowest BCUT2D eigenvalue weighted by atomic mass is 10.1. The number of fused-ring (bicyclic) bond motifs is 1. The number of nitrogens with one attached hydrogen (secondary N) is 1. The molecule has 0 fully saturated rings. The van der Waals surface area contributed by atoms with Crippen molar-refractivity contribution in [2.75, 3.05) is 20.5 Å². The van der Waals surface area contributed by atoms with Gasteiger partial charge in [-0.3, -0.25) is 14.9 Å². The molecule has 0 aliphatic carbocycles. The van der Waals surface area contributed by atoms with E-state index in [1.165, 1.54) is 25.3 Å². The van der Waals surface area contributed by atoms with Crippen LogP contribution < -0.4 is 19.5 Å². The van der Waals surface area contributed by atoms with Gasteiger partial charge in [-0.2, -0.15) is 0 Å². The van der Waals surface area contributed by atoms with E-state index in [-0.39, 0.29) is 30.3 Å².